The number of likely N-dealkylation sites (N-methyl/N-ethyl adjacent to an activating group) is 1. The topological polar surface area (TPSA) is 39.1 Å². The molecule has 0 aromatic carbocycles. The molecular formula is C12H23N3O. The van der Waals surface area contributed by atoms with E-state index in [0.29, 0.717) is 6.61 Å². The molecule has 4 nitrogen and oxygen atoms in total. The molecule has 4 heteroatoms. The molecule has 0 fully saturated rings. The van der Waals surface area contributed by atoms with E-state index in [1.807, 2.05) is 13.1 Å². The van der Waals surface area contributed by atoms with Crippen molar-refractivity contribution in [3.05, 3.63) is 18.0 Å². The van der Waals surface area contributed by atoms with Crippen molar-refractivity contribution in [1.29, 1.82) is 0 Å². The monoisotopic (exact) mass is 225 g/mol. The molecule has 1 rings (SSSR count). The van der Waals surface area contributed by atoms with Gasteiger partial charge in [0.05, 0.1) is 18.3 Å². The summed E-state index contributed by atoms with van der Waals surface area (Å²) >= 11 is 0. The molecule has 0 aliphatic carbocycles. The van der Waals surface area contributed by atoms with Crippen LogP contribution in [0.2, 0.25) is 0 Å². The standard InChI is InChI=1S/C12H23N3O/c1-4-9-15-12(7-8-14-15)11(13-5-2)10-16-6-3/h7-8,11,13H,4-6,9-10H2,1-3H3. The molecule has 0 spiro atoms. The fourth-order valence-corrected chi connectivity index (χ4v) is 1.77. The van der Waals surface area contributed by atoms with E-state index in [2.05, 4.69) is 35.0 Å². The Hall–Kier alpha value is -0.870. The maximum Gasteiger partial charge on any atom is 0.0729 e. The van der Waals surface area contributed by atoms with Crippen molar-refractivity contribution >= 4 is 0 Å². The van der Waals surface area contributed by atoms with Crippen LogP contribution in [-0.4, -0.2) is 29.5 Å². The second-order valence-electron chi connectivity index (χ2n) is 3.75. The maximum absolute atomic E-state index is 5.50. The molecule has 1 heterocycles. The highest BCUT2D eigenvalue weighted by Crippen LogP contribution is 2.13. The van der Waals surface area contributed by atoms with Gasteiger partial charge in [0.25, 0.3) is 0 Å². The fraction of sp³-hybridized carbons (Fsp3) is 0.750. The first-order valence-electron chi connectivity index (χ1n) is 6.16. The Morgan fingerprint density at radius 2 is 2.25 bits per heavy atom. The summed E-state index contributed by atoms with van der Waals surface area (Å²) in [7, 11) is 0. The van der Waals surface area contributed by atoms with Crippen molar-refractivity contribution in [2.24, 2.45) is 0 Å². The van der Waals surface area contributed by atoms with Gasteiger partial charge in [0.1, 0.15) is 0 Å². The molecular weight excluding hydrogens is 202 g/mol. The van der Waals surface area contributed by atoms with Gasteiger partial charge in [-0.3, -0.25) is 4.68 Å². The minimum Gasteiger partial charge on any atom is -0.380 e. The lowest BCUT2D eigenvalue weighted by atomic mass is 10.2. The maximum atomic E-state index is 5.50. The van der Waals surface area contributed by atoms with E-state index in [9.17, 15) is 0 Å². The van der Waals surface area contributed by atoms with E-state index in [0.717, 1.165) is 26.1 Å². The van der Waals surface area contributed by atoms with Crippen LogP contribution in [0.3, 0.4) is 0 Å². The zero-order valence-corrected chi connectivity index (χ0v) is 10.6. The largest absolute Gasteiger partial charge is 0.380 e. The number of ether oxygens (including phenoxy) is 1. The van der Waals surface area contributed by atoms with Gasteiger partial charge in [-0.15, -0.1) is 0 Å². The Kier molecular flexibility index (Phi) is 6.11. The van der Waals surface area contributed by atoms with Crippen LogP contribution in [0.4, 0.5) is 0 Å². The highest BCUT2D eigenvalue weighted by Gasteiger charge is 2.14. The molecule has 0 aliphatic rings. The normalized spacial score (nSPS) is 12.9. The molecule has 0 bridgehead atoms. The zero-order valence-electron chi connectivity index (χ0n) is 10.6. The first kappa shape index (κ1) is 13.2. The van der Waals surface area contributed by atoms with Crippen LogP contribution < -0.4 is 5.32 Å². The van der Waals surface area contributed by atoms with E-state index in [4.69, 9.17) is 4.74 Å². The summed E-state index contributed by atoms with van der Waals surface area (Å²) < 4.78 is 7.56. The van der Waals surface area contributed by atoms with E-state index in [-0.39, 0.29) is 6.04 Å². The summed E-state index contributed by atoms with van der Waals surface area (Å²) in [5, 5.41) is 7.77. The average Bonchev–Trinajstić information content (AvgIpc) is 2.73. The van der Waals surface area contributed by atoms with Gasteiger partial charge in [0.2, 0.25) is 0 Å². The lowest BCUT2D eigenvalue weighted by Crippen LogP contribution is -2.28. The first-order valence-corrected chi connectivity index (χ1v) is 6.16. The van der Waals surface area contributed by atoms with Gasteiger partial charge in [-0.25, -0.2) is 0 Å². The second kappa shape index (κ2) is 7.41. The third kappa shape index (κ3) is 3.61. The summed E-state index contributed by atoms with van der Waals surface area (Å²) in [6.07, 6.45) is 2.96. The van der Waals surface area contributed by atoms with Crippen LogP contribution in [-0.2, 0) is 11.3 Å². The van der Waals surface area contributed by atoms with Crippen LogP contribution in [0.1, 0.15) is 38.9 Å². The molecule has 16 heavy (non-hydrogen) atoms. The van der Waals surface area contributed by atoms with Crippen molar-refractivity contribution in [2.75, 3.05) is 19.8 Å². The number of nitrogens with one attached hydrogen (secondary N) is 1. The van der Waals surface area contributed by atoms with Crippen molar-refractivity contribution in [3.63, 3.8) is 0 Å². The molecule has 1 unspecified atom stereocenters. The van der Waals surface area contributed by atoms with Gasteiger partial charge in [0, 0.05) is 19.3 Å². The predicted octanol–water partition coefficient (Wildman–Crippen LogP) is 1.98. The third-order valence-corrected chi connectivity index (χ3v) is 2.48. The number of aromatic nitrogens is 2. The molecule has 1 aromatic heterocycles. The molecule has 92 valence electrons. The molecule has 0 amide bonds. The van der Waals surface area contributed by atoms with E-state index in [1.54, 1.807) is 0 Å². The Morgan fingerprint density at radius 3 is 2.88 bits per heavy atom. The minimum atomic E-state index is 0.249. The summed E-state index contributed by atoms with van der Waals surface area (Å²) in [4.78, 5) is 0. The van der Waals surface area contributed by atoms with Crippen molar-refractivity contribution in [3.8, 4) is 0 Å². The minimum absolute atomic E-state index is 0.249. The lowest BCUT2D eigenvalue weighted by Gasteiger charge is -2.19. The van der Waals surface area contributed by atoms with Crippen molar-refractivity contribution in [2.45, 2.75) is 39.8 Å². The number of nitrogens with zero attached hydrogens (tertiary/aromatic N) is 2. The average molecular weight is 225 g/mol. The Balaban J connectivity index is 2.70. The van der Waals surface area contributed by atoms with Crippen LogP contribution >= 0.6 is 0 Å². The molecule has 1 N–H and O–H groups in total. The van der Waals surface area contributed by atoms with E-state index < -0.39 is 0 Å². The van der Waals surface area contributed by atoms with E-state index in [1.165, 1.54) is 5.69 Å². The number of rotatable bonds is 8. The predicted molar refractivity (Wildman–Crippen MR) is 65.4 cm³/mol. The SMILES string of the molecule is CCCn1nccc1C(COCC)NCC. The van der Waals surface area contributed by atoms with Crippen molar-refractivity contribution in [1.82, 2.24) is 15.1 Å². The summed E-state index contributed by atoms with van der Waals surface area (Å²) in [6.45, 7) is 9.66. The van der Waals surface area contributed by atoms with Gasteiger partial charge in [-0.2, -0.15) is 5.10 Å². The number of aryl methyl sites for hydroxylation is 1. The Bertz CT molecular complexity index is 286. The van der Waals surface area contributed by atoms with Crippen LogP contribution in [0, 0.1) is 0 Å². The van der Waals surface area contributed by atoms with E-state index >= 15 is 0 Å². The van der Waals surface area contributed by atoms with Gasteiger partial charge in [-0.05, 0) is 26.0 Å². The fourth-order valence-electron chi connectivity index (χ4n) is 1.77. The quantitative estimate of drug-likeness (QED) is 0.735. The first-order chi connectivity index (χ1) is 7.83. The molecule has 0 saturated carbocycles. The summed E-state index contributed by atoms with van der Waals surface area (Å²) in [5.74, 6) is 0. The molecule has 1 atom stereocenters. The summed E-state index contributed by atoms with van der Waals surface area (Å²) in [5.41, 5.74) is 1.22. The molecule has 0 radical (unpaired) electrons. The van der Waals surface area contributed by atoms with Gasteiger partial charge in [0.15, 0.2) is 0 Å². The van der Waals surface area contributed by atoms with Gasteiger partial charge in [-0.1, -0.05) is 13.8 Å². The van der Waals surface area contributed by atoms with Gasteiger partial charge >= 0.3 is 0 Å². The molecule has 0 aliphatic heterocycles. The molecule has 1 aromatic rings. The van der Waals surface area contributed by atoms with Gasteiger partial charge < -0.3 is 10.1 Å². The Morgan fingerprint density at radius 1 is 1.44 bits per heavy atom. The highest BCUT2D eigenvalue weighted by atomic mass is 16.5. The highest BCUT2D eigenvalue weighted by molar-refractivity contribution is 5.07. The Labute approximate surface area is 98.0 Å². The smallest absolute Gasteiger partial charge is 0.0729 e. The van der Waals surface area contributed by atoms with Crippen LogP contribution in [0.25, 0.3) is 0 Å². The number of hydrogen-bond donors (Lipinski definition) is 1. The zero-order chi connectivity index (χ0) is 11.8. The van der Waals surface area contributed by atoms with Crippen LogP contribution in [0.15, 0.2) is 12.3 Å². The van der Waals surface area contributed by atoms with Crippen molar-refractivity contribution < 1.29 is 4.74 Å². The summed E-state index contributed by atoms with van der Waals surface area (Å²) in [6, 6.07) is 2.32. The lowest BCUT2D eigenvalue weighted by molar-refractivity contribution is 0.121. The third-order valence-electron chi connectivity index (χ3n) is 2.48. The number of hydrogen-bond acceptors (Lipinski definition) is 3. The second-order valence-corrected chi connectivity index (χ2v) is 3.75. The molecule has 0 saturated heterocycles. The van der Waals surface area contributed by atoms with Crippen LogP contribution in [0.5, 0.6) is 0 Å².